The number of guanidine groups is 1. The molecule has 0 bridgehead atoms. The summed E-state index contributed by atoms with van der Waals surface area (Å²) >= 11 is 0. The summed E-state index contributed by atoms with van der Waals surface area (Å²) in [6.07, 6.45) is 4.86. The van der Waals surface area contributed by atoms with Crippen LogP contribution in [0.5, 0.6) is 5.75 Å². The molecule has 4 amide bonds. The summed E-state index contributed by atoms with van der Waals surface area (Å²) in [4.78, 5) is 67.4. The number of benzene rings is 1. The van der Waals surface area contributed by atoms with Gasteiger partial charge in [-0.2, -0.15) is 0 Å². The number of carbonyl (C=O) groups is 5. The highest BCUT2D eigenvalue weighted by Crippen LogP contribution is 2.43. The van der Waals surface area contributed by atoms with E-state index in [1.165, 1.54) is 0 Å². The second-order valence-electron chi connectivity index (χ2n) is 11.9. The third-order valence-corrected chi connectivity index (χ3v) is 9.11. The third kappa shape index (κ3) is 11.6. The Kier molecular flexibility index (Phi) is 14.4. The lowest BCUT2D eigenvalue weighted by Crippen LogP contribution is -2.52. The van der Waals surface area contributed by atoms with E-state index in [0.29, 0.717) is 28.9 Å². The van der Waals surface area contributed by atoms with Crippen molar-refractivity contribution in [3.63, 3.8) is 0 Å². The molecule has 2 atom stereocenters. The van der Waals surface area contributed by atoms with Crippen LogP contribution in [0.2, 0.25) is 0 Å². The first-order valence-electron chi connectivity index (χ1n) is 15.3. The first kappa shape index (κ1) is 40.6. The van der Waals surface area contributed by atoms with Gasteiger partial charge in [0.1, 0.15) is 30.0 Å². The first-order chi connectivity index (χ1) is 23.3. The van der Waals surface area contributed by atoms with Gasteiger partial charge in [0.05, 0.1) is 24.4 Å². The van der Waals surface area contributed by atoms with Crippen LogP contribution in [0.4, 0.5) is 0 Å². The predicted octanol–water partition coefficient (Wildman–Crippen LogP) is -0.681. The van der Waals surface area contributed by atoms with Crippen molar-refractivity contribution in [2.75, 3.05) is 26.2 Å². The summed E-state index contributed by atoms with van der Waals surface area (Å²) in [5, 5.41) is 21.3. The predicted molar refractivity (Wildman–Crippen MR) is 180 cm³/mol. The monoisotopic (exact) mass is 718 g/mol. The topological polar surface area (TPSA) is 296 Å². The van der Waals surface area contributed by atoms with Crippen LogP contribution < -0.4 is 36.5 Å². The van der Waals surface area contributed by atoms with Crippen LogP contribution in [0, 0.1) is 33.1 Å². The summed E-state index contributed by atoms with van der Waals surface area (Å²) in [6.45, 7) is 7.39. The van der Waals surface area contributed by atoms with Crippen LogP contribution in [-0.2, 0) is 40.4 Å². The second-order valence-corrected chi connectivity index (χ2v) is 13.6. The van der Waals surface area contributed by atoms with Crippen molar-refractivity contribution >= 4 is 45.6 Å². The molecular formula is C30H42N10O9S. The zero-order valence-corrected chi connectivity index (χ0v) is 29.2. The van der Waals surface area contributed by atoms with Gasteiger partial charge in [-0.05, 0) is 69.7 Å². The van der Waals surface area contributed by atoms with Gasteiger partial charge in [0, 0.05) is 23.4 Å². The van der Waals surface area contributed by atoms with Gasteiger partial charge in [-0.1, -0.05) is 11.0 Å². The molecule has 0 fully saturated rings. The minimum Gasteiger partial charge on any atom is -0.487 e. The van der Waals surface area contributed by atoms with E-state index in [2.05, 4.69) is 46.9 Å². The number of rotatable bonds is 17. The molecule has 1 aliphatic heterocycles. The maximum atomic E-state index is 13.4. The molecule has 20 heteroatoms. The number of carbonyl (C=O) groups excluding carboxylic acids is 4. The summed E-state index contributed by atoms with van der Waals surface area (Å²) in [6, 6.07) is -2.75. The average Bonchev–Trinajstić information content (AvgIpc) is 3.36. The molecule has 19 nitrogen and oxygen atoms in total. The lowest BCUT2D eigenvalue weighted by Gasteiger charge is -2.19. The Balaban J connectivity index is 2.09. The molecule has 1 aromatic carbocycles. The van der Waals surface area contributed by atoms with Gasteiger partial charge in [-0.25, -0.2) is 13.1 Å². The number of carboxylic acids is 1. The van der Waals surface area contributed by atoms with Gasteiger partial charge >= 0.3 is 5.97 Å². The number of amides is 4. The van der Waals surface area contributed by atoms with Crippen LogP contribution in [0.15, 0.2) is 15.0 Å². The Morgan fingerprint density at radius 2 is 1.70 bits per heavy atom. The first-order valence-corrected chi connectivity index (χ1v) is 16.8. The summed E-state index contributed by atoms with van der Waals surface area (Å²) in [5.74, 6) is -2.39. The number of nitrogens with two attached hydrogens (primary N) is 1. The Hall–Kier alpha value is -5.54. The molecule has 8 N–H and O–H groups in total. The van der Waals surface area contributed by atoms with E-state index in [0.717, 1.165) is 5.56 Å². The van der Waals surface area contributed by atoms with E-state index in [1.807, 2.05) is 13.8 Å². The number of aliphatic imine (C=N–C) groups is 1. The standard InChI is InChI=1S/C30H42N10O9S/c1-7-10-33-28(46)21(12-24(43)44)38-22(41)14-35-27(45)20(37-23(42)15-36-40-32)9-8-11-34-29(31)39-50(47,48)26-17(3)16(2)25-19(18(26)4)13-30(5,6)49-25/h1,20-21H,8-15H2,2-6H3,(H,33,46)(H,35,45)(H,37,42)(H,38,41)(H,43,44)(H3,31,34,39)/t20-,21-/m0/s1. The molecule has 0 saturated carbocycles. The average molecular weight is 719 g/mol. The van der Waals surface area contributed by atoms with E-state index in [4.69, 9.17) is 27.5 Å². The van der Waals surface area contributed by atoms with Crippen LogP contribution in [-0.4, -0.2) is 92.9 Å². The molecule has 0 aliphatic carbocycles. The number of hydrogen-bond donors (Lipinski definition) is 7. The Morgan fingerprint density at radius 3 is 2.32 bits per heavy atom. The van der Waals surface area contributed by atoms with Crippen molar-refractivity contribution in [2.45, 2.75) is 82.9 Å². The molecule has 0 radical (unpaired) electrons. The highest BCUT2D eigenvalue weighted by atomic mass is 32.2. The van der Waals surface area contributed by atoms with Crippen molar-refractivity contribution in [1.82, 2.24) is 26.0 Å². The van der Waals surface area contributed by atoms with Crippen LogP contribution in [0.3, 0.4) is 0 Å². The number of ether oxygens (including phenoxy) is 1. The van der Waals surface area contributed by atoms with Crippen LogP contribution in [0.25, 0.3) is 10.4 Å². The summed E-state index contributed by atoms with van der Waals surface area (Å²) in [7, 11) is -4.16. The summed E-state index contributed by atoms with van der Waals surface area (Å²) in [5.41, 5.74) is 16.5. The summed E-state index contributed by atoms with van der Waals surface area (Å²) < 4.78 is 35.2. The van der Waals surface area contributed by atoms with Crippen molar-refractivity contribution in [3.05, 3.63) is 32.7 Å². The smallest absolute Gasteiger partial charge is 0.305 e. The number of hydrogen-bond acceptors (Lipinski definition) is 10. The number of carboxylic acid groups (broad SMARTS) is 1. The number of aliphatic carboxylic acids is 1. The third-order valence-electron chi connectivity index (χ3n) is 7.48. The highest BCUT2D eigenvalue weighted by molar-refractivity contribution is 7.90. The zero-order chi connectivity index (χ0) is 37.8. The fourth-order valence-corrected chi connectivity index (χ4v) is 6.67. The fourth-order valence-electron chi connectivity index (χ4n) is 5.15. The van der Waals surface area contributed by atoms with Gasteiger partial charge in [-0.3, -0.25) is 29.0 Å². The number of nitrogens with zero attached hydrogens (tertiary/aromatic N) is 4. The maximum Gasteiger partial charge on any atom is 0.305 e. The number of fused-ring (bicyclic) bond motifs is 1. The minimum absolute atomic E-state index is 0.0687. The molecule has 2 rings (SSSR count). The molecule has 272 valence electrons. The molecule has 1 aromatic rings. The van der Waals surface area contributed by atoms with E-state index >= 15 is 0 Å². The van der Waals surface area contributed by atoms with Gasteiger partial charge in [0.25, 0.3) is 10.0 Å². The highest BCUT2D eigenvalue weighted by Gasteiger charge is 2.36. The Bertz CT molecular complexity index is 1750. The van der Waals surface area contributed by atoms with E-state index < -0.39 is 82.8 Å². The molecule has 50 heavy (non-hydrogen) atoms. The Morgan fingerprint density at radius 1 is 1.06 bits per heavy atom. The lowest BCUT2D eigenvalue weighted by atomic mass is 9.94. The van der Waals surface area contributed by atoms with Crippen LogP contribution in [0.1, 0.15) is 55.4 Å². The fraction of sp³-hybridized carbons (Fsp3) is 0.533. The number of sulfonamides is 1. The molecular weight excluding hydrogens is 676 g/mol. The van der Waals surface area contributed by atoms with Gasteiger partial charge in [0.15, 0.2) is 0 Å². The molecule has 0 unspecified atom stereocenters. The minimum atomic E-state index is -4.16. The van der Waals surface area contributed by atoms with E-state index in [-0.39, 0.29) is 30.8 Å². The molecule has 1 aliphatic rings. The normalized spacial score (nSPS) is 14.4. The number of nitrogens with one attached hydrogen (secondary N) is 5. The largest absolute Gasteiger partial charge is 0.487 e. The van der Waals surface area contributed by atoms with Crippen LogP contribution >= 0.6 is 0 Å². The maximum absolute atomic E-state index is 13.4. The van der Waals surface area contributed by atoms with Gasteiger partial charge < -0.3 is 36.8 Å². The molecule has 0 saturated heterocycles. The van der Waals surface area contributed by atoms with E-state index in [1.54, 1.807) is 20.8 Å². The Labute approximate surface area is 289 Å². The number of terminal acetylenes is 1. The SMILES string of the molecule is C#CCNC(=O)[C@H](CC(=O)O)NC(=O)CNC(=O)[C@H](CCCN=C(N)NS(=O)(=O)c1c(C)c(C)c2c(c1C)CC(C)(C)O2)NC(=O)CN=[N+]=[N-]. The van der Waals surface area contributed by atoms with Crippen molar-refractivity contribution in [1.29, 1.82) is 0 Å². The zero-order valence-electron chi connectivity index (χ0n) is 28.4. The molecule has 0 spiro atoms. The van der Waals surface area contributed by atoms with Crippen molar-refractivity contribution in [3.8, 4) is 18.1 Å². The second kappa shape index (κ2) is 17.7. The lowest BCUT2D eigenvalue weighted by molar-refractivity contribution is -0.140. The van der Waals surface area contributed by atoms with Gasteiger partial charge in [0.2, 0.25) is 29.6 Å². The molecule has 1 heterocycles. The quantitative estimate of drug-likeness (QED) is 0.0202. The van der Waals surface area contributed by atoms with Gasteiger partial charge in [-0.15, -0.1) is 6.42 Å². The van der Waals surface area contributed by atoms with E-state index in [9.17, 15) is 32.4 Å². The van der Waals surface area contributed by atoms with Crippen molar-refractivity contribution in [2.24, 2.45) is 15.8 Å². The number of azide groups is 1. The molecule has 0 aromatic heterocycles. The van der Waals surface area contributed by atoms with Crippen molar-refractivity contribution < 1.29 is 42.2 Å².